The molecule has 29 heavy (non-hydrogen) atoms. The largest absolute Gasteiger partial charge is 0.465 e. The van der Waals surface area contributed by atoms with Crippen molar-refractivity contribution < 1.29 is 19.4 Å². The molecule has 9 heteroatoms. The zero-order valence-corrected chi connectivity index (χ0v) is 17.5. The molecule has 1 aliphatic carbocycles. The van der Waals surface area contributed by atoms with Gasteiger partial charge in [0.25, 0.3) is 0 Å². The molecule has 0 saturated carbocycles. The second-order valence-electron chi connectivity index (χ2n) is 7.29. The molecule has 2 aromatic rings. The van der Waals surface area contributed by atoms with Gasteiger partial charge in [0, 0.05) is 36.2 Å². The van der Waals surface area contributed by atoms with Crippen LogP contribution in [0.15, 0.2) is 35.1 Å². The van der Waals surface area contributed by atoms with Gasteiger partial charge in [-0.25, -0.2) is 19.6 Å². The number of ether oxygens (including phenoxy) is 1. The van der Waals surface area contributed by atoms with Crippen molar-refractivity contribution in [2.45, 2.75) is 25.4 Å². The maximum atomic E-state index is 12.6. The second kappa shape index (κ2) is 7.98. The number of benzene rings is 1. The molecule has 1 N–H and O–H groups in total. The maximum absolute atomic E-state index is 12.6. The number of rotatable bonds is 3. The van der Waals surface area contributed by atoms with E-state index >= 15 is 0 Å². The molecule has 1 aromatic heterocycles. The molecule has 2 atom stereocenters. The highest BCUT2D eigenvalue weighted by molar-refractivity contribution is 9.10. The fourth-order valence-electron chi connectivity index (χ4n) is 3.93. The Morgan fingerprint density at radius 2 is 1.83 bits per heavy atom. The molecular formula is C20H21BrN4O4. The number of piperazine rings is 1. The lowest BCUT2D eigenvalue weighted by molar-refractivity contribution is 0.0284. The Morgan fingerprint density at radius 1 is 1.14 bits per heavy atom. The van der Waals surface area contributed by atoms with Gasteiger partial charge in [0.15, 0.2) is 0 Å². The SMILES string of the molecule is CC1CC(OC(=O)c2ccc(Br)cc2)c2ncnc(N3CCN(C(=O)O)CC3)c21. The van der Waals surface area contributed by atoms with Gasteiger partial charge in [-0.1, -0.05) is 22.9 Å². The van der Waals surface area contributed by atoms with E-state index in [1.807, 2.05) is 0 Å². The third kappa shape index (κ3) is 3.91. The number of hydrogen-bond donors (Lipinski definition) is 1. The minimum absolute atomic E-state index is 0.140. The van der Waals surface area contributed by atoms with Crippen molar-refractivity contribution in [3.8, 4) is 0 Å². The first-order chi connectivity index (χ1) is 13.9. The van der Waals surface area contributed by atoms with E-state index in [9.17, 15) is 9.59 Å². The molecule has 1 saturated heterocycles. The van der Waals surface area contributed by atoms with E-state index in [1.165, 1.54) is 11.2 Å². The van der Waals surface area contributed by atoms with Crippen molar-refractivity contribution in [1.82, 2.24) is 14.9 Å². The summed E-state index contributed by atoms with van der Waals surface area (Å²) in [6.45, 7) is 4.10. The van der Waals surface area contributed by atoms with Crippen LogP contribution in [0.3, 0.4) is 0 Å². The van der Waals surface area contributed by atoms with E-state index in [0.29, 0.717) is 38.2 Å². The first-order valence-electron chi connectivity index (χ1n) is 9.48. The van der Waals surface area contributed by atoms with Crippen molar-refractivity contribution in [3.05, 3.63) is 51.9 Å². The fourth-order valence-corrected chi connectivity index (χ4v) is 4.19. The van der Waals surface area contributed by atoms with Gasteiger partial charge in [0.05, 0.1) is 11.3 Å². The number of fused-ring (bicyclic) bond motifs is 1. The molecule has 2 aliphatic rings. The molecule has 4 rings (SSSR count). The second-order valence-corrected chi connectivity index (χ2v) is 8.21. The monoisotopic (exact) mass is 460 g/mol. The lowest BCUT2D eigenvalue weighted by atomic mass is 10.1. The third-order valence-electron chi connectivity index (χ3n) is 5.44. The van der Waals surface area contributed by atoms with Gasteiger partial charge in [-0.15, -0.1) is 0 Å². The summed E-state index contributed by atoms with van der Waals surface area (Å²) in [6, 6.07) is 7.05. The van der Waals surface area contributed by atoms with Crippen LogP contribution in [0.25, 0.3) is 0 Å². The van der Waals surface area contributed by atoms with Crippen molar-refractivity contribution >= 4 is 33.8 Å². The molecule has 0 bridgehead atoms. The number of nitrogens with zero attached hydrogens (tertiary/aromatic N) is 4. The normalized spacial score (nSPS) is 21.0. The smallest absolute Gasteiger partial charge is 0.407 e. The highest BCUT2D eigenvalue weighted by atomic mass is 79.9. The summed E-state index contributed by atoms with van der Waals surface area (Å²) in [5, 5.41) is 9.15. The Labute approximate surface area is 176 Å². The van der Waals surface area contributed by atoms with Crippen molar-refractivity contribution in [3.63, 3.8) is 0 Å². The zero-order valence-electron chi connectivity index (χ0n) is 15.9. The Hall–Kier alpha value is -2.68. The lowest BCUT2D eigenvalue weighted by Crippen LogP contribution is -2.48. The molecule has 1 aromatic carbocycles. The topological polar surface area (TPSA) is 95.9 Å². The number of amides is 1. The van der Waals surface area contributed by atoms with Crippen LogP contribution in [0, 0.1) is 0 Å². The molecule has 0 spiro atoms. The number of hydrogen-bond acceptors (Lipinski definition) is 6. The Morgan fingerprint density at radius 3 is 2.48 bits per heavy atom. The van der Waals surface area contributed by atoms with E-state index in [1.54, 1.807) is 24.3 Å². The predicted molar refractivity (Wildman–Crippen MR) is 109 cm³/mol. The molecule has 1 fully saturated rings. The maximum Gasteiger partial charge on any atom is 0.407 e. The molecule has 2 heterocycles. The Bertz CT molecular complexity index is 929. The van der Waals surface area contributed by atoms with Crippen molar-refractivity contribution in [1.29, 1.82) is 0 Å². The van der Waals surface area contributed by atoms with E-state index in [2.05, 4.69) is 37.7 Å². The Kier molecular flexibility index (Phi) is 5.40. The van der Waals surface area contributed by atoms with E-state index in [4.69, 9.17) is 9.84 Å². The predicted octanol–water partition coefficient (Wildman–Crippen LogP) is 3.44. The molecule has 1 aliphatic heterocycles. The van der Waals surface area contributed by atoms with E-state index < -0.39 is 12.2 Å². The number of carbonyl (C=O) groups excluding carboxylic acids is 1. The number of anilines is 1. The first-order valence-corrected chi connectivity index (χ1v) is 10.3. The van der Waals surface area contributed by atoms with Gasteiger partial charge in [0.1, 0.15) is 18.2 Å². The highest BCUT2D eigenvalue weighted by Crippen LogP contribution is 2.45. The highest BCUT2D eigenvalue weighted by Gasteiger charge is 2.37. The molecule has 1 amide bonds. The number of carbonyl (C=O) groups is 2. The summed E-state index contributed by atoms with van der Waals surface area (Å²) >= 11 is 3.36. The molecule has 0 radical (unpaired) electrons. The van der Waals surface area contributed by atoms with Crippen LogP contribution in [-0.4, -0.2) is 58.2 Å². The summed E-state index contributed by atoms with van der Waals surface area (Å²) in [4.78, 5) is 36.1. The van der Waals surface area contributed by atoms with Crippen LogP contribution in [0.2, 0.25) is 0 Å². The summed E-state index contributed by atoms with van der Waals surface area (Å²) < 4.78 is 6.67. The number of aromatic nitrogens is 2. The summed E-state index contributed by atoms with van der Waals surface area (Å²) in [5.74, 6) is 0.578. The van der Waals surface area contributed by atoms with Gasteiger partial charge in [0.2, 0.25) is 0 Å². The average Bonchev–Trinajstić information content (AvgIpc) is 3.04. The lowest BCUT2D eigenvalue weighted by Gasteiger charge is -2.35. The fraction of sp³-hybridized carbons (Fsp3) is 0.400. The number of esters is 1. The van der Waals surface area contributed by atoms with Gasteiger partial charge in [-0.05, 0) is 36.6 Å². The summed E-state index contributed by atoms with van der Waals surface area (Å²) in [6.07, 6.45) is 0.832. The van der Waals surface area contributed by atoms with Gasteiger partial charge < -0.3 is 19.6 Å². The van der Waals surface area contributed by atoms with Gasteiger partial charge in [-0.3, -0.25) is 0 Å². The third-order valence-corrected chi connectivity index (χ3v) is 5.97. The minimum Gasteiger partial charge on any atom is -0.465 e. The summed E-state index contributed by atoms with van der Waals surface area (Å²) in [5.41, 5.74) is 2.23. The standard InChI is InChI=1S/C20H21BrN4O4/c1-12-10-15(29-19(26)13-2-4-14(21)5-3-13)17-16(12)18(23-11-22-17)24-6-8-25(9-7-24)20(27)28/h2-5,11-12,15H,6-10H2,1H3,(H,27,28). The summed E-state index contributed by atoms with van der Waals surface area (Å²) in [7, 11) is 0. The van der Waals surface area contributed by atoms with Crippen molar-refractivity contribution in [2.24, 2.45) is 0 Å². The number of halogens is 1. The van der Waals surface area contributed by atoms with Crippen molar-refractivity contribution in [2.75, 3.05) is 31.1 Å². The van der Waals surface area contributed by atoms with E-state index in [-0.39, 0.29) is 11.9 Å². The van der Waals surface area contributed by atoms with Crippen LogP contribution in [0.1, 0.15) is 47.0 Å². The van der Waals surface area contributed by atoms with Crippen LogP contribution < -0.4 is 4.90 Å². The quantitative estimate of drug-likeness (QED) is 0.700. The van der Waals surface area contributed by atoms with Crippen LogP contribution >= 0.6 is 15.9 Å². The molecule has 8 nitrogen and oxygen atoms in total. The number of carboxylic acid groups (broad SMARTS) is 1. The van der Waals surface area contributed by atoms with Gasteiger partial charge in [-0.2, -0.15) is 0 Å². The molecule has 2 unspecified atom stereocenters. The first kappa shape index (κ1) is 19.6. The van der Waals surface area contributed by atoms with Crippen LogP contribution in [0.5, 0.6) is 0 Å². The Balaban J connectivity index is 1.53. The van der Waals surface area contributed by atoms with Crippen LogP contribution in [0.4, 0.5) is 10.6 Å². The zero-order chi connectivity index (χ0) is 20.5. The average molecular weight is 461 g/mol. The molecular weight excluding hydrogens is 440 g/mol. The van der Waals surface area contributed by atoms with Gasteiger partial charge >= 0.3 is 12.1 Å². The minimum atomic E-state index is -0.897. The van der Waals surface area contributed by atoms with E-state index in [0.717, 1.165) is 21.5 Å². The molecule has 152 valence electrons. The van der Waals surface area contributed by atoms with Crippen LogP contribution in [-0.2, 0) is 4.74 Å².